The fourth-order valence-corrected chi connectivity index (χ4v) is 2.92. The van der Waals surface area contributed by atoms with Gasteiger partial charge in [0.25, 0.3) is 0 Å². The molecule has 0 N–H and O–H groups in total. The third-order valence-electron chi connectivity index (χ3n) is 3.49. The molecule has 0 atom stereocenters. The highest BCUT2D eigenvalue weighted by atomic mass is 79.9. The number of nitrogens with zero attached hydrogens (tertiary/aromatic N) is 3. The maximum absolute atomic E-state index is 4.59. The minimum Gasteiger partial charge on any atom is -0.236 e. The zero-order valence-electron chi connectivity index (χ0n) is 11.0. The molecule has 0 radical (unpaired) electrons. The molecule has 2 heterocycles. The van der Waals surface area contributed by atoms with Crippen LogP contribution in [0.3, 0.4) is 0 Å². The number of halogens is 1. The van der Waals surface area contributed by atoms with Gasteiger partial charge in [-0.25, -0.2) is 15.0 Å². The number of pyridine rings is 1. The molecule has 0 amide bonds. The van der Waals surface area contributed by atoms with Gasteiger partial charge in [-0.2, -0.15) is 0 Å². The fourth-order valence-electron chi connectivity index (χ4n) is 2.57. The van der Waals surface area contributed by atoms with Crippen molar-refractivity contribution >= 4 is 37.7 Å². The van der Waals surface area contributed by atoms with E-state index in [1.807, 2.05) is 24.3 Å². The second-order valence-corrected chi connectivity index (χ2v) is 5.45. The lowest BCUT2D eigenvalue weighted by atomic mass is 10.0. The first-order valence-electron chi connectivity index (χ1n) is 6.59. The molecular weight excluding hydrogens is 326 g/mol. The molecule has 0 fully saturated rings. The van der Waals surface area contributed by atoms with Gasteiger partial charge in [0.2, 0.25) is 0 Å². The zero-order chi connectivity index (χ0) is 14.2. The SMILES string of the molecule is Brc1nc(-c2cccc3ccccc23)c2cccnc2n1. The van der Waals surface area contributed by atoms with Crippen LogP contribution in [0.1, 0.15) is 0 Å². The Hall–Kier alpha value is -2.33. The molecule has 0 spiro atoms. The van der Waals surface area contributed by atoms with E-state index in [0.717, 1.165) is 16.6 Å². The van der Waals surface area contributed by atoms with Gasteiger partial charge in [-0.15, -0.1) is 0 Å². The van der Waals surface area contributed by atoms with Crippen molar-refractivity contribution in [2.24, 2.45) is 0 Å². The summed E-state index contributed by atoms with van der Waals surface area (Å²) in [4.78, 5) is 13.3. The van der Waals surface area contributed by atoms with Crippen LogP contribution < -0.4 is 0 Å². The normalized spacial score (nSPS) is 11.1. The van der Waals surface area contributed by atoms with E-state index in [1.165, 1.54) is 10.8 Å². The topological polar surface area (TPSA) is 38.7 Å². The second-order valence-electron chi connectivity index (χ2n) is 4.74. The summed E-state index contributed by atoms with van der Waals surface area (Å²) in [7, 11) is 0. The summed E-state index contributed by atoms with van der Waals surface area (Å²) < 4.78 is 0.552. The third-order valence-corrected chi connectivity index (χ3v) is 3.84. The molecule has 0 aliphatic heterocycles. The summed E-state index contributed by atoms with van der Waals surface area (Å²) in [6, 6.07) is 18.5. The number of aromatic nitrogens is 3. The lowest BCUT2D eigenvalue weighted by Gasteiger charge is -2.09. The van der Waals surface area contributed by atoms with E-state index < -0.39 is 0 Å². The predicted molar refractivity (Wildman–Crippen MR) is 88.0 cm³/mol. The van der Waals surface area contributed by atoms with Gasteiger partial charge >= 0.3 is 0 Å². The third kappa shape index (κ3) is 2.08. The summed E-state index contributed by atoms with van der Waals surface area (Å²) in [6.45, 7) is 0. The highest BCUT2D eigenvalue weighted by Crippen LogP contribution is 2.32. The Morgan fingerprint density at radius 2 is 1.57 bits per heavy atom. The van der Waals surface area contributed by atoms with Gasteiger partial charge < -0.3 is 0 Å². The van der Waals surface area contributed by atoms with Crippen molar-refractivity contribution in [1.82, 2.24) is 15.0 Å². The van der Waals surface area contributed by atoms with Gasteiger partial charge in [0.15, 0.2) is 10.4 Å². The maximum Gasteiger partial charge on any atom is 0.199 e. The molecule has 4 aromatic rings. The Morgan fingerprint density at radius 1 is 0.762 bits per heavy atom. The fraction of sp³-hybridized carbons (Fsp3) is 0. The van der Waals surface area contributed by atoms with Crippen LogP contribution in [0.25, 0.3) is 33.1 Å². The molecule has 2 aromatic carbocycles. The molecule has 4 rings (SSSR count). The highest BCUT2D eigenvalue weighted by molar-refractivity contribution is 9.10. The van der Waals surface area contributed by atoms with Crippen molar-refractivity contribution in [2.45, 2.75) is 0 Å². The average Bonchev–Trinajstić information content (AvgIpc) is 2.53. The minimum atomic E-state index is 0.552. The van der Waals surface area contributed by atoms with Crippen molar-refractivity contribution < 1.29 is 0 Å². The lowest BCUT2D eigenvalue weighted by Crippen LogP contribution is -1.93. The molecule has 21 heavy (non-hydrogen) atoms. The van der Waals surface area contributed by atoms with Crippen LogP contribution >= 0.6 is 15.9 Å². The number of hydrogen-bond acceptors (Lipinski definition) is 3. The van der Waals surface area contributed by atoms with Gasteiger partial charge in [0.05, 0.1) is 5.69 Å². The average molecular weight is 336 g/mol. The Kier molecular flexibility index (Phi) is 2.89. The van der Waals surface area contributed by atoms with Crippen LogP contribution in [0.2, 0.25) is 0 Å². The van der Waals surface area contributed by atoms with Crippen LogP contribution in [0.15, 0.2) is 65.5 Å². The Labute approximate surface area is 129 Å². The molecule has 0 saturated carbocycles. The molecule has 100 valence electrons. The van der Waals surface area contributed by atoms with Crippen LogP contribution in [0.5, 0.6) is 0 Å². The Balaban J connectivity index is 2.14. The highest BCUT2D eigenvalue weighted by Gasteiger charge is 2.11. The molecule has 0 aliphatic rings. The first kappa shape index (κ1) is 12.4. The number of rotatable bonds is 1. The summed E-state index contributed by atoms with van der Waals surface area (Å²) in [6.07, 6.45) is 1.74. The summed E-state index contributed by atoms with van der Waals surface area (Å²) in [5.74, 6) is 0. The number of benzene rings is 2. The molecule has 0 aliphatic carbocycles. The largest absolute Gasteiger partial charge is 0.236 e. The van der Waals surface area contributed by atoms with E-state index in [1.54, 1.807) is 6.20 Å². The van der Waals surface area contributed by atoms with E-state index in [4.69, 9.17) is 0 Å². The van der Waals surface area contributed by atoms with Gasteiger partial charge in [-0.3, -0.25) is 0 Å². The van der Waals surface area contributed by atoms with Crippen molar-refractivity contribution in [3.63, 3.8) is 0 Å². The molecule has 0 bridgehead atoms. The zero-order valence-corrected chi connectivity index (χ0v) is 12.6. The van der Waals surface area contributed by atoms with Crippen LogP contribution in [0.4, 0.5) is 0 Å². The standard InChI is InChI=1S/C17H10BrN3/c18-17-20-15(14-9-4-10-19-16(14)21-17)13-8-3-6-11-5-1-2-7-12(11)13/h1-10H. The number of hydrogen-bond donors (Lipinski definition) is 0. The predicted octanol–water partition coefficient (Wildman–Crippen LogP) is 4.61. The summed E-state index contributed by atoms with van der Waals surface area (Å²) >= 11 is 3.38. The summed E-state index contributed by atoms with van der Waals surface area (Å²) in [5.41, 5.74) is 2.69. The minimum absolute atomic E-state index is 0.552. The monoisotopic (exact) mass is 335 g/mol. The smallest absolute Gasteiger partial charge is 0.199 e. The molecule has 4 heteroatoms. The van der Waals surface area contributed by atoms with Crippen molar-refractivity contribution in [3.05, 3.63) is 65.5 Å². The van der Waals surface area contributed by atoms with Crippen LogP contribution in [0, 0.1) is 0 Å². The first-order valence-corrected chi connectivity index (χ1v) is 7.38. The molecular formula is C17H10BrN3. The maximum atomic E-state index is 4.59. The van der Waals surface area contributed by atoms with Gasteiger partial charge in [-0.05, 0) is 38.8 Å². The van der Waals surface area contributed by atoms with Gasteiger partial charge in [0, 0.05) is 17.1 Å². The Bertz CT molecular complexity index is 961. The van der Waals surface area contributed by atoms with Gasteiger partial charge in [0.1, 0.15) is 0 Å². The quantitative estimate of drug-likeness (QED) is 0.477. The van der Waals surface area contributed by atoms with E-state index in [0.29, 0.717) is 10.4 Å². The molecule has 0 unspecified atom stereocenters. The van der Waals surface area contributed by atoms with Crippen molar-refractivity contribution in [3.8, 4) is 11.3 Å². The van der Waals surface area contributed by atoms with Crippen LogP contribution in [-0.4, -0.2) is 15.0 Å². The lowest BCUT2D eigenvalue weighted by molar-refractivity contribution is 1.13. The summed E-state index contributed by atoms with van der Waals surface area (Å²) in [5, 5.41) is 3.33. The van der Waals surface area contributed by atoms with Crippen LogP contribution in [-0.2, 0) is 0 Å². The molecule has 0 saturated heterocycles. The second kappa shape index (κ2) is 4.90. The van der Waals surface area contributed by atoms with Crippen molar-refractivity contribution in [1.29, 1.82) is 0 Å². The van der Waals surface area contributed by atoms with Crippen molar-refractivity contribution in [2.75, 3.05) is 0 Å². The molecule has 3 nitrogen and oxygen atoms in total. The van der Waals surface area contributed by atoms with E-state index in [9.17, 15) is 0 Å². The van der Waals surface area contributed by atoms with E-state index in [2.05, 4.69) is 61.2 Å². The van der Waals surface area contributed by atoms with E-state index >= 15 is 0 Å². The van der Waals surface area contributed by atoms with E-state index in [-0.39, 0.29) is 0 Å². The first-order chi connectivity index (χ1) is 10.3. The molecule has 2 aromatic heterocycles. The Morgan fingerprint density at radius 3 is 2.52 bits per heavy atom. The number of fused-ring (bicyclic) bond motifs is 2. The van der Waals surface area contributed by atoms with Gasteiger partial charge in [-0.1, -0.05) is 42.5 Å².